The lowest BCUT2D eigenvalue weighted by atomic mass is 9.59. The summed E-state index contributed by atoms with van der Waals surface area (Å²) in [7, 11) is 0. The second-order valence-electron chi connectivity index (χ2n) is 7.99. The van der Waals surface area contributed by atoms with Gasteiger partial charge in [-0.15, -0.1) is 0 Å². The zero-order valence-electron chi connectivity index (χ0n) is 18.9. The van der Waals surface area contributed by atoms with Crippen LogP contribution in [0.25, 0.3) is 0 Å². The first-order valence-corrected chi connectivity index (χ1v) is 11.2. The van der Waals surface area contributed by atoms with Crippen molar-refractivity contribution in [2.24, 2.45) is 23.2 Å². The van der Waals surface area contributed by atoms with E-state index in [1.807, 2.05) is 6.92 Å². The van der Waals surface area contributed by atoms with Crippen molar-refractivity contribution < 1.29 is 19.1 Å². The maximum absolute atomic E-state index is 13.3. The van der Waals surface area contributed by atoms with Crippen molar-refractivity contribution in [3.8, 4) is 0 Å². The van der Waals surface area contributed by atoms with Crippen LogP contribution in [0.1, 0.15) is 99.8 Å². The van der Waals surface area contributed by atoms with Crippen LogP contribution >= 0.6 is 0 Å². The zero-order valence-corrected chi connectivity index (χ0v) is 18.9. The maximum atomic E-state index is 13.3. The summed E-state index contributed by atoms with van der Waals surface area (Å²) in [4.78, 5) is 26.2. The third-order valence-corrected chi connectivity index (χ3v) is 6.25. The molecule has 0 aromatic carbocycles. The van der Waals surface area contributed by atoms with E-state index >= 15 is 0 Å². The van der Waals surface area contributed by atoms with Gasteiger partial charge in [-0.3, -0.25) is 9.59 Å². The highest BCUT2D eigenvalue weighted by molar-refractivity contribution is 5.86. The number of hydrogen-bond acceptors (Lipinski definition) is 4. The minimum Gasteiger partial charge on any atom is -0.465 e. The number of esters is 2. The molecule has 0 saturated carbocycles. The van der Waals surface area contributed by atoms with E-state index in [-0.39, 0.29) is 23.8 Å². The molecule has 0 heterocycles. The lowest BCUT2D eigenvalue weighted by Gasteiger charge is -2.44. The van der Waals surface area contributed by atoms with E-state index in [1.54, 1.807) is 0 Å². The molecule has 0 radical (unpaired) electrons. The number of carbonyl (C=O) groups is 2. The zero-order chi connectivity index (χ0) is 20.9. The largest absolute Gasteiger partial charge is 0.465 e. The Morgan fingerprint density at radius 3 is 1.59 bits per heavy atom. The lowest BCUT2D eigenvalue weighted by molar-refractivity contribution is -0.179. The average molecular weight is 385 g/mol. The molecule has 0 aliphatic carbocycles. The van der Waals surface area contributed by atoms with Gasteiger partial charge in [0.05, 0.1) is 24.5 Å². The summed E-state index contributed by atoms with van der Waals surface area (Å²) in [6, 6.07) is 0. The van der Waals surface area contributed by atoms with E-state index in [0.29, 0.717) is 13.2 Å². The second-order valence-corrected chi connectivity index (χ2v) is 7.99. The lowest BCUT2D eigenvalue weighted by Crippen LogP contribution is -2.52. The van der Waals surface area contributed by atoms with Crippen molar-refractivity contribution in [3.05, 3.63) is 0 Å². The van der Waals surface area contributed by atoms with Crippen LogP contribution in [0, 0.1) is 23.2 Å². The molecule has 0 aliphatic rings. The highest BCUT2D eigenvalue weighted by atomic mass is 16.5. The van der Waals surface area contributed by atoms with Crippen LogP contribution in [-0.2, 0) is 19.1 Å². The van der Waals surface area contributed by atoms with Crippen molar-refractivity contribution in [1.29, 1.82) is 0 Å². The molecular formula is C23H44O4. The number of hydrogen-bond donors (Lipinski definition) is 0. The van der Waals surface area contributed by atoms with Gasteiger partial charge in [0.25, 0.3) is 0 Å². The van der Waals surface area contributed by atoms with Gasteiger partial charge in [-0.25, -0.2) is 0 Å². The molecule has 0 aromatic heterocycles. The summed E-state index contributed by atoms with van der Waals surface area (Å²) in [6.07, 6.45) is 7.64. The van der Waals surface area contributed by atoms with Gasteiger partial charge in [0.15, 0.2) is 0 Å². The summed E-state index contributed by atoms with van der Waals surface area (Å²) in [5, 5.41) is 0. The molecule has 4 heteroatoms. The number of rotatable bonds is 15. The summed E-state index contributed by atoms with van der Waals surface area (Å²) < 4.78 is 11.3. The maximum Gasteiger partial charge on any atom is 0.313 e. The summed E-state index contributed by atoms with van der Waals surface area (Å²) >= 11 is 0. The molecule has 4 nitrogen and oxygen atoms in total. The Morgan fingerprint density at radius 1 is 0.741 bits per heavy atom. The Kier molecular flexibility index (Phi) is 13.5. The van der Waals surface area contributed by atoms with Crippen LogP contribution < -0.4 is 0 Å². The fourth-order valence-electron chi connectivity index (χ4n) is 4.08. The van der Waals surface area contributed by atoms with E-state index in [0.717, 1.165) is 51.4 Å². The summed E-state index contributed by atoms with van der Waals surface area (Å²) in [5.74, 6) is -0.908. The van der Waals surface area contributed by atoms with Crippen LogP contribution in [0.15, 0.2) is 0 Å². The van der Waals surface area contributed by atoms with Gasteiger partial charge in [0, 0.05) is 0 Å². The molecule has 0 aromatic rings. The first-order chi connectivity index (χ1) is 12.8. The van der Waals surface area contributed by atoms with Crippen molar-refractivity contribution in [2.45, 2.75) is 99.8 Å². The molecule has 0 rings (SSSR count). The minimum absolute atomic E-state index is 0.0457. The SMILES string of the molecule is CCCCCOC(=O)C(C)C(C(=O)OCCCCC)(C(C)CC)C(C)CC. The number of unbranched alkanes of at least 4 members (excludes halogenated alkanes) is 4. The van der Waals surface area contributed by atoms with Crippen LogP contribution in [0.3, 0.4) is 0 Å². The molecule has 0 fully saturated rings. The van der Waals surface area contributed by atoms with Gasteiger partial charge < -0.3 is 9.47 Å². The van der Waals surface area contributed by atoms with Crippen molar-refractivity contribution in [2.75, 3.05) is 13.2 Å². The topological polar surface area (TPSA) is 52.6 Å². The van der Waals surface area contributed by atoms with Crippen molar-refractivity contribution in [1.82, 2.24) is 0 Å². The first kappa shape index (κ1) is 25.9. The second kappa shape index (κ2) is 14.0. The highest BCUT2D eigenvalue weighted by Crippen LogP contribution is 2.47. The van der Waals surface area contributed by atoms with Crippen LogP contribution in [0.2, 0.25) is 0 Å². The van der Waals surface area contributed by atoms with Gasteiger partial charge >= 0.3 is 11.9 Å². The minimum atomic E-state index is -0.836. The molecule has 0 spiro atoms. The molecule has 0 amide bonds. The third kappa shape index (κ3) is 7.12. The smallest absolute Gasteiger partial charge is 0.313 e. The Labute approximate surface area is 167 Å². The highest BCUT2D eigenvalue weighted by Gasteiger charge is 2.54. The molecular weight excluding hydrogens is 340 g/mol. The van der Waals surface area contributed by atoms with E-state index < -0.39 is 11.3 Å². The summed E-state index contributed by atoms with van der Waals surface area (Å²) in [6.45, 7) is 15.3. The van der Waals surface area contributed by atoms with E-state index in [2.05, 4.69) is 41.5 Å². The van der Waals surface area contributed by atoms with Gasteiger partial charge in [-0.1, -0.05) is 87.0 Å². The number of ether oxygens (including phenoxy) is 2. The van der Waals surface area contributed by atoms with Gasteiger partial charge in [-0.2, -0.15) is 0 Å². The predicted molar refractivity (Wildman–Crippen MR) is 111 cm³/mol. The van der Waals surface area contributed by atoms with Gasteiger partial charge in [0.2, 0.25) is 0 Å². The van der Waals surface area contributed by atoms with Crippen LogP contribution in [-0.4, -0.2) is 25.2 Å². The predicted octanol–water partition coefficient (Wildman–Crippen LogP) is 6.17. The van der Waals surface area contributed by atoms with E-state index in [1.165, 1.54) is 0 Å². The standard InChI is InChI=1S/C23H44O4/c1-8-12-14-16-26-21(24)20(7)23(18(5)10-3,19(6)11-4)22(25)27-17-15-13-9-2/h18-20H,8-17H2,1-7H3. The average Bonchev–Trinajstić information content (AvgIpc) is 2.68. The molecule has 160 valence electrons. The first-order valence-electron chi connectivity index (χ1n) is 11.2. The Hall–Kier alpha value is -1.06. The van der Waals surface area contributed by atoms with Crippen LogP contribution in [0.5, 0.6) is 0 Å². The Balaban J connectivity index is 5.52. The normalized spacial score (nSPS) is 16.9. The summed E-state index contributed by atoms with van der Waals surface area (Å²) in [5.41, 5.74) is -0.836. The van der Waals surface area contributed by atoms with E-state index in [4.69, 9.17) is 9.47 Å². The molecule has 3 atom stereocenters. The molecule has 3 unspecified atom stereocenters. The fraction of sp³-hybridized carbons (Fsp3) is 0.913. The molecule has 0 aliphatic heterocycles. The molecule has 0 saturated heterocycles. The van der Waals surface area contributed by atoms with Crippen molar-refractivity contribution >= 4 is 11.9 Å². The molecule has 27 heavy (non-hydrogen) atoms. The third-order valence-electron chi connectivity index (χ3n) is 6.25. The Bertz CT molecular complexity index is 409. The van der Waals surface area contributed by atoms with Gasteiger partial charge in [-0.05, 0) is 24.7 Å². The van der Waals surface area contributed by atoms with E-state index in [9.17, 15) is 9.59 Å². The Morgan fingerprint density at radius 2 is 1.19 bits per heavy atom. The van der Waals surface area contributed by atoms with Gasteiger partial charge in [0.1, 0.15) is 0 Å². The fourth-order valence-corrected chi connectivity index (χ4v) is 4.08. The molecule has 0 bridgehead atoms. The number of carbonyl (C=O) groups excluding carboxylic acids is 2. The monoisotopic (exact) mass is 384 g/mol. The quantitative estimate of drug-likeness (QED) is 0.250. The van der Waals surface area contributed by atoms with Crippen LogP contribution in [0.4, 0.5) is 0 Å². The van der Waals surface area contributed by atoms with Crippen molar-refractivity contribution in [3.63, 3.8) is 0 Å². The molecule has 0 N–H and O–H groups in total.